The van der Waals surface area contributed by atoms with Crippen LogP contribution in [0.3, 0.4) is 0 Å². The lowest BCUT2D eigenvalue weighted by molar-refractivity contribution is 0.391. The van der Waals surface area contributed by atoms with E-state index in [-0.39, 0.29) is 0 Å². The second-order valence-corrected chi connectivity index (χ2v) is 7.62. The summed E-state index contributed by atoms with van der Waals surface area (Å²) in [5, 5.41) is 11.2. The van der Waals surface area contributed by atoms with Crippen LogP contribution in [0, 0.1) is 11.3 Å². The van der Waals surface area contributed by atoms with E-state index < -0.39 is 5.41 Å². The summed E-state index contributed by atoms with van der Waals surface area (Å²) in [6.07, 6.45) is 5.19. The van der Waals surface area contributed by atoms with E-state index >= 15 is 0 Å². The lowest BCUT2D eigenvalue weighted by atomic mass is 9.78. The van der Waals surface area contributed by atoms with E-state index in [2.05, 4.69) is 36.4 Å². The Morgan fingerprint density at radius 1 is 1.07 bits per heavy atom. The van der Waals surface area contributed by atoms with Crippen molar-refractivity contribution >= 4 is 10.9 Å². The van der Waals surface area contributed by atoms with Gasteiger partial charge in [-0.2, -0.15) is 5.26 Å². The second kappa shape index (κ2) is 7.04. The Kier molecular flexibility index (Phi) is 4.58. The minimum Gasteiger partial charge on any atom is -0.481 e. The molecule has 1 aliphatic carbocycles. The van der Waals surface area contributed by atoms with Crippen molar-refractivity contribution < 1.29 is 4.74 Å². The summed E-state index contributed by atoms with van der Waals surface area (Å²) >= 11 is 0. The summed E-state index contributed by atoms with van der Waals surface area (Å²) in [7, 11) is 1.70. The minimum absolute atomic E-state index is 0.597. The minimum atomic E-state index is -0.597. The fourth-order valence-electron chi connectivity index (χ4n) is 4.22. The van der Waals surface area contributed by atoms with Crippen LogP contribution in [-0.4, -0.2) is 12.1 Å². The molecule has 3 nitrogen and oxygen atoms in total. The van der Waals surface area contributed by atoms with Crippen molar-refractivity contribution in [1.82, 2.24) is 4.98 Å². The molecule has 0 saturated carbocycles. The third-order valence-electron chi connectivity index (χ3n) is 5.75. The summed E-state index contributed by atoms with van der Waals surface area (Å²) in [5.41, 5.74) is 5.14. The van der Waals surface area contributed by atoms with Gasteiger partial charge in [-0.25, -0.2) is 4.98 Å². The predicted octanol–water partition coefficient (Wildman–Crippen LogP) is 5.15. The molecule has 3 aromatic rings. The molecular weight excluding hydrogens is 332 g/mol. The average molecular weight is 356 g/mol. The molecule has 1 unspecified atom stereocenters. The topological polar surface area (TPSA) is 45.9 Å². The molecule has 1 heterocycles. The molecule has 1 aliphatic rings. The fraction of sp³-hybridized carbons (Fsp3) is 0.333. The molecule has 3 heteroatoms. The number of rotatable bonds is 4. The van der Waals surface area contributed by atoms with Gasteiger partial charge in [-0.3, -0.25) is 0 Å². The van der Waals surface area contributed by atoms with E-state index in [1.807, 2.05) is 25.1 Å². The van der Waals surface area contributed by atoms with E-state index in [1.165, 1.54) is 29.4 Å². The third kappa shape index (κ3) is 3.17. The normalized spacial score (nSPS) is 15.6. The van der Waals surface area contributed by atoms with Crippen LogP contribution in [0.15, 0.2) is 48.5 Å². The summed E-state index contributed by atoms with van der Waals surface area (Å²) in [6.45, 7) is 2.01. The number of ether oxygens (including phenoxy) is 1. The molecule has 0 fully saturated rings. The molecule has 2 aromatic carbocycles. The predicted molar refractivity (Wildman–Crippen MR) is 108 cm³/mol. The maximum atomic E-state index is 9.97. The molecule has 0 N–H and O–H groups in total. The van der Waals surface area contributed by atoms with Crippen LogP contribution < -0.4 is 4.74 Å². The first-order valence-corrected chi connectivity index (χ1v) is 9.60. The molecule has 4 rings (SSSR count). The summed E-state index contributed by atoms with van der Waals surface area (Å²) in [4.78, 5) is 4.79. The first-order valence-electron chi connectivity index (χ1n) is 9.60. The highest BCUT2D eigenvalue weighted by atomic mass is 16.5. The smallest absolute Gasteiger partial charge is 0.217 e. The molecule has 1 aromatic heterocycles. The van der Waals surface area contributed by atoms with Crippen molar-refractivity contribution in [2.75, 3.05) is 7.11 Å². The third-order valence-corrected chi connectivity index (χ3v) is 5.75. The first-order chi connectivity index (χ1) is 13.1. The number of aromatic nitrogens is 1. The van der Waals surface area contributed by atoms with Gasteiger partial charge >= 0.3 is 0 Å². The lowest BCUT2D eigenvalue weighted by Crippen LogP contribution is -2.23. The standard InChI is InChI=1S/C24H24N2O/c1-24(16-25,15-17-8-4-3-5-9-17)18-12-13-20-19-10-6-7-11-21(19)23(27-2)26-22(20)14-18/h3-5,8-9,12-14H,6-7,10-11,15H2,1-2H3. The van der Waals surface area contributed by atoms with E-state index in [1.54, 1.807) is 7.11 Å². The SMILES string of the molecule is COc1nc2cc(C(C)(C#N)Cc3ccccc3)ccc2c2c1CCCC2. The van der Waals surface area contributed by atoms with Crippen LogP contribution >= 0.6 is 0 Å². The zero-order chi connectivity index (χ0) is 18.9. The summed E-state index contributed by atoms with van der Waals surface area (Å²) in [6, 6.07) is 19.1. The summed E-state index contributed by atoms with van der Waals surface area (Å²) in [5.74, 6) is 0.746. The van der Waals surface area contributed by atoms with E-state index in [0.29, 0.717) is 6.42 Å². The molecule has 0 saturated heterocycles. The quantitative estimate of drug-likeness (QED) is 0.650. The van der Waals surface area contributed by atoms with Crippen molar-refractivity contribution in [3.8, 4) is 11.9 Å². The number of methoxy groups -OCH3 is 1. The number of pyridine rings is 1. The zero-order valence-corrected chi connectivity index (χ0v) is 16.0. The monoisotopic (exact) mass is 356 g/mol. The number of fused-ring (bicyclic) bond motifs is 3. The van der Waals surface area contributed by atoms with Gasteiger partial charge in [0.25, 0.3) is 0 Å². The van der Waals surface area contributed by atoms with Gasteiger partial charge in [0, 0.05) is 10.9 Å². The Bertz CT molecular complexity index is 1020. The maximum absolute atomic E-state index is 9.97. The van der Waals surface area contributed by atoms with Crippen molar-refractivity contribution in [3.05, 3.63) is 70.8 Å². The second-order valence-electron chi connectivity index (χ2n) is 7.62. The number of nitriles is 1. The van der Waals surface area contributed by atoms with Crippen LogP contribution in [0.1, 0.15) is 42.0 Å². The van der Waals surface area contributed by atoms with E-state index in [0.717, 1.165) is 35.4 Å². The molecule has 0 radical (unpaired) electrons. The molecular formula is C24H24N2O. The molecule has 0 amide bonds. The zero-order valence-electron chi connectivity index (χ0n) is 16.0. The van der Waals surface area contributed by atoms with Crippen LogP contribution in [-0.2, 0) is 24.7 Å². The van der Waals surface area contributed by atoms with Crippen LogP contribution in [0.4, 0.5) is 0 Å². The molecule has 1 atom stereocenters. The first kappa shape index (κ1) is 17.5. The van der Waals surface area contributed by atoms with Crippen LogP contribution in [0.25, 0.3) is 10.9 Å². The summed E-state index contributed by atoms with van der Waals surface area (Å²) < 4.78 is 5.59. The Morgan fingerprint density at radius 3 is 2.52 bits per heavy atom. The Labute approximate surface area is 160 Å². The van der Waals surface area contributed by atoms with Gasteiger partial charge < -0.3 is 4.74 Å². The van der Waals surface area contributed by atoms with Gasteiger partial charge in [-0.1, -0.05) is 42.5 Å². The number of benzene rings is 2. The molecule has 0 bridgehead atoms. The Balaban J connectivity index is 1.82. The lowest BCUT2D eigenvalue weighted by Gasteiger charge is -2.24. The van der Waals surface area contributed by atoms with Crippen molar-refractivity contribution in [2.24, 2.45) is 0 Å². The molecule has 136 valence electrons. The highest BCUT2D eigenvalue weighted by Crippen LogP contribution is 2.36. The highest BCUT2D eigenvalue weighted by Gasteiger charge is 2.28. The largest absolute Gasteiger partial charge is 0.481 e. The van der Waals surface area contributed by atoms with E-state index in [4.69, 9.17) is 9.72 Å². The van der Waals surface area contributed by atoms with E-state index in [9.17, 15) is 5.26 Å². The van der Waals surface area contributed by atoms with Gasteiger partial charge in [0.2, 0.25) is 5.88 Å². The number of hydrogen-bond acceptors (Lipinski definition) is 3. The van der Waals surface area contributed by atoms with Crippen molar-refractivity contribution in [1.29, 1.82) is 5.26 Å². The molecule has 27 heavy (non-hydrogen) atoms. The van der Waals surface area contributed by atoms with Gasteiger partial charge in [-0.05, 0) is 61.8 Å². The number of nitrogens with zero attached hydrogens (tertiary/aromatic N) is 2. The van der Waals surface area contributed by atoms with Gasteiger partial charge in [0.1, 0.15) is 0 Å². The van der Waals surface area contributed by atoms with Gasteiger partial charge in [0.15, 0.2) is 0 Å². The maximum Gasteiger partial charge on any atom is 0.217 e. The van der Waals surface area contributed by atoms with Gasteiger partial charge in [-0.15, -0.1) is 0 Å². The number of aryl methyl sites for hydroxylation is 1. The van der Waals surface area contributed by atoms with Crippen LogP contribution in [0.5, 0.6) is 5.88 Å². The molecule has 0 spiro atoms. The fourth-order valence-corrected chi connectivity index (χ4v) is 4.22. The average Bonchev–Trinajstić information content (AvgIpc) is 2.73. The van der Waals surface area contributed by atoms with Crippen molar-refractivity contribution in [3.63, 3.8) is 0 Å². The highest BCUT2D eigenvalue weighted by molar-refractivity contribution is 5.85. The molecule has 0 aliphatic heterocycles. The Hall–Kier alpha value is -2.86. The van der Waals surface area contributed by atoms with Crippen LogP contribution in [0.2, 0.25) is 0 Å². The number of hydrogen-bond donors (Lipinski definition) is 0. The van der Waals surface area contributed by atoms with Gasteiger partial charge in [0.05, 0.1) is 24.1 Å². The Morgan fingerprint density at radius 2 is 1.81 bits per heavy atom. The van der Waals surface area contributed by atoms with Crippen molar-refractivity contribution in [2.45, 2.75) is 44.4 Å².